The highest BCUT2D eigenvalue weighted by Gasteiger charge is 1.98. The van der Waals surface area contributed by atoms with Crippen LogP contribution in [0.2, 0.25) is 0 Å². The van der Waals surface area contributed by atoms with Gasteiger partial charge >= 0.3 is 0 Å². The zero-order chi connectivity index (χ0) is 12.6. The smallest absolute Gasteiger partial charge is 0.136 e. The van der Waals surface area contributed by atoms with Crippen molar-refractivity contribution in [1.82, 2.24) is 19.5 Å². The number of aromatic nitrogens is 4. The monoisotopic (exact) mass is 238 g/mol. The Labute approximate surface area is 106 Å². The van der Waals surface area contributed by atoms with Crippen LogP contribution in [0.15, 0.2) is 68.0 Å². The summed E-state index contributed by atoms with van der Waals surface area (Å²) < 4.78 is 1.99. The van der Waals surface area contributed by atoms with Crippen LogP contribution in [0.5, 0.6) is 0 Å². The molecule has 0 amide bonds. The van der Waals surface area contributed by atoms with Gasteiger partial charge < -0.3 is 9.55 Å². The number of H-pyrrole nitrogens is 1. The summed E-state index contributed by atoms with van der Waals surface area (Å²) in [6.07, 6.45) is 10.5. The molecule has 0 fully saturated rings. The maximum Gasteiger partial charge on any atom is 0.136 e. The van der Waals surface area contributed by atoms with E-state index in [1.54, 1.807) is 31.0 Å². The van der Waals surface area contributed by atoms with Crippen molar-refractivity contribution < 1.29 is 0 Å². The molecule has 0 saturated heterocycles. The second kappa shape index (κ2) is 6.20. The number of nitrogens with one attached hydrogen (secondary N) is 1. The largest absolute Gasteiger partial charge is 0.351 e. The average Bonchev–Trinajstić information content (AvgIpc) is 3.13. The Morgan fingerprint density at radius 3 is 2.56 bits per heavy atom. The number of benzene rings is 1. The zero-order valence-electron chi connectivity index (χ0n) is 9.90. The molecule has 4 nitrogen and oxygen atoms in total. The Balaban J connectivity index is 0.000000202. The normalized spacial score (nSPS) is 9.33. The van der Waals surface area contributed by atoms with Gasteiger partial charge in [0.1, 0.15) is 5.82 Å². The highest BCUT2D eigenvalue weighted by molar-refractivity contribution is 5.43. The predicted octanol–water partition coefficient (Wildman–Crippen LogP) is 2.93. The van der Waals surface area contributed by atoms with Crippen molar-refractivity contribution in [3.63, 3.8) is 0 Å². The van der Waals surface area contributed by atoms with E-state index in [1.165, 1.54) is 0 Å². The minimum absolute atomic E-state index is 0.867. The molecule has 0 aliphatic rings. The molecule has 0 spiro atoms. The SMILES string of the molecule is C=Cc1nccn1-c1ccccc1.c1c[nH]cn1. The molecule has 0 saturated carbocycles. The third kappa shape index (κ3) is 2.95. The highest BCUT2D eigenvalue weighted by atomic mass is 15.1. The van der Waals surface area contributed by atoms with Crippen molar-refractivity contribution in [3.8, 4) is 5.69 Å². The summed E-state index contributed by atoms with van der Waals surface area (Å²) >= 11 is 0. The minimum atomic E-state index is 0.867. The summed E-state index contributed by atoms with van der Waals surface area (Å²) in [5.41, 5.74) is 1.11. The van der Waals surface area contributed by atoms with Gasteiger partial charge in [-0.25, -0.2) is 9.97 Å². The molecule has 0 unspecified atom stereocenters. The van der Waals surface area contributed by atoms with Crippen LogP contribution in [0, 0.1) is 0 Å². The Morgan fingerprint density at radius 2 is 2.00 bits per heavy atom. The Bertz CT molecular complexity index is 550. The molecular weight excluding hydrogens is 224 g/mol. The van der Waals surface area contributed by atoms with Crippen LogP contribution >= 0.6 is 0 Å². The average molecular weight is 238 g/mol. The van der Waals surface area contributed by atoms with Crippen LogP contribution in [0.25, 0.3) is 11.8 Å². The molecule has 0 radical (unpaired) electrons. The third-order valence-corrected chi connectivity index (χ3v) is 2.29. The summed E-state index contributed by atoms with van der Waals surface area (Å²) in [6, 6.07) is 10.1. The molecule has 3 rings (SSSR count). The third-order valence-electron chi connectivity index (χ3n) is 2.29. The van der Waals surface area contributed by atoms with Crippen LogP contribution < -0.4 is 0 Å². The van der Waals surface area contributed by atoms with Gasteiger partial charge in [-0.3, -0.25) is 0 Å². The van der Waals surface area contributed by atoms with Gasteiger partial charge in [0.25, 0.3) is 0 Å². The fourth-order valence-corrected chi connectivity index (χ4v) is 1.49. The van der Waals surface area contributed by atoms with E-state index in [1.807, 2.05) is 41.1 Å². The van der Waals surface area contributed by atoms with Crippen LogP contribution in [-0.2, 0) is 0 Å². The van der Waals surface area contributed by atoms with Gasteiger partial charge in [0.15, 0.2) is 0 Å². The van der Waals surface area contributed by atoms with Crippen molar-refractivity contribution in [2.45, 2.75) is 0 Å². The van der Waals surface area contributed by atoms with Crippen LogP contribution in [0.1, 0.15) is 5.82 Å². The Kier molecular flexibility index (Phi) is 4.08. The summed E-state index contributed by atoms with van der Waals surface area (Å²) in [4.78, 5) is 10.6. The molecule has 2 heterocycles. The van der Waals surface area contributed by atoms with E-state index in [0.29, 0.717) is 0 Å². The lowest BCUT2D eigenvalue weighted by Gasteiger charge is -2.03. The first-order valence-electron chi connectivity index (χ1n) is 5.56. The van der Waals surface area contributed by atoms with Gasteiger partial charge in [0, 0.05) is 30.5 Å². The lowest BCUT2D eigenvalue weighted by atomic mass is 10.3. The number of hydrogen-bond donors (Lipinski definition) is 1. The lowest BCUT2D eigenvalue weighted by Crippen LogP contribution is -1.94. The number of nitrogens with zero attached hydrogens (tertiary/aromatic N) is 3. The van der Waals surface area contributed by atoms with E-state index in [4.69, 9.17) is 0 Å². The van der Waals surface area contributed by atoms with Crippen LogP contribution in [0.4, 0.5) is 0 Å². The summed E-state index contributed by atoms with van der Waals surface area (Å²) in [6.45, 7) is 3.71. The van der Waals surface area contributed by atoms with Crippen molar-refractivity contribution in [3.05, 3.63) is 73.8 Å². The molecular formula is C14H14N4. The van der Waals surface area contributed by atoms with E-state index >= 15 is 0 Å². The fourth-order valence-electron chi connectivity index (χ4n) is 1.49. The van der Waals surface area contributed by atoms with Crippen molar-refractivity contribution in [2.24, 2.45) is 0 Å². The van der Waals surface area contributed by atoms with E-state index < -0.39 is 0 Å². The second-order valence-electron chi connectivity index (χ2n) is 3.46. The maximum absolute atomic E-state index is 4.16. The maximum atomic E-state index is 4.16. The fraction of sp³-hybridized carbons (Fsp3) is 0. The van der Waals surface area contributed by atoms with Crippen LogP contribution in [-0.4, -0.2) is 19.5 Å². The van der Waals surface area contributed by atoms with Gasteiger partial charge in [0.05, 0.1) is 6.33 Å². The molecule has 90 valence electrons. The summed E-state index contributed by atoms with van der Waals surface area (Å²) in [7, 11) is 0. The number of aromatic amines is 1. The molecule has 0 bridgehead atoms. The van der Waals surface area contributed by atoms with Crippen molar-refractivity contribution >= 4 is 6.08 Å². The Hall–Kier alpha value is -2.62. The van der Waals surface area contributed by atoms with Crippen molar-refractivity contribution in [1.29, 1.82) is 0 Å². The zero-order valence-corrected chi connectivity index (χ0v) is 9.90. The highest BCUT2D eigenvalue weighted by Crippen LogP contribution is 2.10. The first-order chi connectivity index (χ1) is 8.92. The van der Waals surface area contributed by atoms with Gasteiger partial charge in [-0.2, -0.15) is 0 Å². The summed E-state index contributed by atoms with van der Waals surface area (Å²) in [5, 5.41) is 0. The molecule has 0 aliphatic carbocycles. The molecule has 1 N–H and O–H groups in total. The van der Waals surface area contributed by atoms with Gasteiger partial charge in [-0.05, 0) is 18.2 Å². The van der Waals surface area contributed by atoms with Gasteiger partial charge in [-0.1, -0.05) is 24.8 Å². The standard InChI is InChI=1S/C11H10N2.C3H4N2/c1-2-11-12-8-9-13(11)10-6-4-3-5-7-10;1-2-5-3-4-1/h2-9H,1H2;1-3H,(H,4,5). The van der Waals surface area contributed by atoms with E-state index in [2.05, 4.69) is 21.5 Å². The molecule has 18 heavy (non-hydrogen) atoms. The molecule has 2 aromatic heterocycles. The second-order valence-corrected chi connectivity index (χ2v) is 3.46. The molecule has 4 heteroatoms. The molecule has 0 atom stereocenters. The summed E-state index contributed by atoms with van der Waals surface area (Å²) in [5.74, 6) is 0.867. The van der Waals surface area contributed by atoms with Gasteiger partial charge in [-0.15, -0.1) is 0 Å². The number of para-hydroxylation sites is 1. The topological polar surface area (TPSA) is 46.5 Å². The number of rotatable bonds is 2. The first kappa shape index (κ1) is 11.9. The van der Waals surface area contributed by atoms with Crippen LogP contribution in [0.3, 0.4) is 0 Å². The Morgan fingerprint density at radius 1 is 1.17 bits per heavy atom. The van der Waals surface area contributed by atoms with Crippen molar-refractivity contribution in [2.75, 3.05) is 0 Å². The van der Waals surface area contributed by atoms with E-state index in [0.717, 1.165) is 11.5 Å². The first-order valence-corrected chi connectivity index (χ1v) is 5.56. The number of hydrogen-bond acceptors (Lipinski definition) is 2. The van der Waals surface area contributed by atoms with E-state index in [9.17, 15) is 0 Å². The predicted molar refractivity (Wildman–Crippen MR) is 72.2 cm³/mol. The van der Waals surface area contributed by atoms with E-state index in [-0.39, 0.29) is 0 Å². The number of imidazole rings is 2. The van der Waals surface area contributed by atoms with Gasteiger partial charge in [0.2, 0.25) is 0 Å². The minimum Gasteiger partial charge on any atom is -0.351 e. The molecule has 1 aromatic carbocycles. The quantitative estimate of drug-likeness (QED) is 0.746. The molecule has 0 aliphatic heterocycles. The molecule has 3 aromatic rings. The lowest BCUT2D eigenvalue weighted by molar-refractivity contribution is 1.03.